The standard InChI is InChI=1S/C17H31NO3/c1-12(2)6-5-7-14-8-10-17(4,11-9-14)16(21)18-13(3)15(19)20/h12-14H,5-11H2,1-4H3,(H,18,21)(H,19,20). The maximum atomic E-state index is 12.3. The third kappa shape index (κ3) is 5.68. The Morgan fingerprint density at radius 2 is 1.81 bits per heavy atom. The van der Waals surface area contributed by atoms with Crippen LogP contribution in [-0.2, 0) is 9.59 Å². The highest BCUT2D eigenvalue weighted by atomic mass is 16.4. The van der Waals surface area contributed by atoms with E-state index in [0.717, 1.165) is 37.5 Å². The van der Waals surface area contributed by atoms with Crippen LogP contribution in [0.5, 0.6) is 0 Å². The highest BCUT2D eigenvalue weighted by molar-refractivity contribution is 5.87. The van der Waals surface area contributed by atoms with Gasteiger partial charge in [0.1, 0.15) is 6.04 Å². The largest absolute Gasteiger partial charge is 0.480 e. The lowest BCUT2D eigenvalue weighted by Crippen LogP contribution is -2.47. The van der Waals surface area contributed by atoms with Crippen molar-refractivity contribution >= 4 is 11.9 Å². The zero-order valence-corrected chi connectivity index (χ0v) is 13.9. The number of carbonyl (C=O) groups excluding carboxylic acids is 1. The molecule has 0 aromatic heterocycles. The molecule has 1 fully saturated rings. The molecule has 0 bridgehead atoms. The summed E-state index contributed by atoms with van der Waals surface area (Å²) in [6, 6.07) is -0.807. The van der Waals surface area contributed by atoms with Crippen molar-refractivity contribution < 1.29 is 14.7 Å². The number of carboxylic acid groups (broad SMARTS) is 1. The second-order valence-electron chi connectivity index (χ2n) is 7.36. The van der Waals surface area contributed by atoms with Gasteiger partial charge in [-0.3, -0.25) is 9.59 Å². The zero-order valence-electron chi connectivity index (χ0n) is 13.9. The average molecular weight is 297 g/mol. The van der Waals surface area contributed by atoms with E-state index in [4.69, 9.17) is 5.11 Å². The van der Waals surface area contributed by atoms with Crippen molar-refractivity contribution in [1.82, 2.24) is 5.32 Å². The van der Waals surface area contributed by atoms with E-state index in [1.807, 2.05) is 6.92 Å². The Morgan fingerprint density at radius 3 is 2.29 bits per heavy atom. The van der Waals surface area contributed by atoms with Crippen molar-refractivity contribution in [2.24, 2.45) is 17.3 Å². The van der Waals surface area contributed by atoms with Crippen LogP contribution in [-0.4, -0.2) is 23.0 Å². The van der Waals surface area contributed by atoms with E-state index in [2.05, 4.69) is 19.2 Å². The van der Waals surface area contributed by atoms with E-state index in [-0.39, 0.29) is 5.91 Å². The number of aliphatic carboxylic acids is 1. The molecule has 1 aliphatic rings. The minimum absolute atomic E-state index is 0.0990. The smallest absolute Gasteiger partial charge is 0.325 e. The molecule has 4 heteroatoms. The van der Waals surface area contributed by atoms with Gasteiger partial charge in [-0.05, 0) is 44.4 Å². The van der Waals surface area contributed by atoms with E-state index >= 15 is 0 Å². The number of hydrogen-bond donors (Lipinski definition) is 2. The van der Waals surface area contributed by atoms with Crippen molar-refractivity contribution in [3.63, 3.8) is 0 Å². The number of hydrogen-bond acceptors (Lipinski definition) is 2. The predicted molar refractivity (Wildman–Crippen MR) is 84.0 cm³/mol. The van der Waals surface area contributed by atoms with Crippen LogP contribution in [0.4, 0.5) is 0 Å². The first-order valence-corrected chi connectivity index (χ1v) is 8.28. The second kappa shape index (κ2) is 7.81. The van der Waals surface area contributed by atoms with E-state index in [1.165, 1.54) is 26.2 Å². The van der Waals surface area contributed by atoms with Crippen molar-refractivity contribution in [3.05, 3.63) is 0 Å². The maximum absolute atomic E-state index is 12.3. The van der Waals surface area contributed by atoms with Crippen molar-refractivity contribution in [3.8, 4) is 0 Å². The number of nitrogens with one attached hydrogen (secondary N) is 1. The van der Waals surface area contributed by atoms with Gasteiger partial charge < -0.3 is 10.4 Å². The molecule has 1 rings (SSSR count). The first kappa shape index (κ1) is 18.0. The molecule has 1 saturated carbocycles. The minimum atomic E-state index is -0.977. The van der Waals surface area contributed by atoms with Gasteiger partial charge in [-0.15, -0.1) is 0 Å². The van der Waals surface area contributed by atoms with Gasteiger partial charge >= 0.3 is 5.97 Å². The van der Waals surface area contributed by atoms with Gasteiger partial charge in [0.25, 0.3) is 0 Å². The Morgan fingerprint density at radius 1 is 1.24 bits per heavy atom. The van der Waals surface area contributed by atoms with Gasteiger partial charge in [-0.25, -0.2) is 0 Å². The summed E-state index contributed by atoms with van der Waals surface area (Å²) < 4.78 is 0. The zero-order chi connectivity index (χ0) is 16.0. The number of carboxylic acids is 1. The Balaban J connectivity index is 2.39. The van der Waals surface area contributed by atoms with Gasteiger partial charge in [-0.2, -0.15) is 0 Å². The minimum Gasteiger partial charge on any atom is -0.480 e. The van der Waals surface area contributed by atoms with E-state index in [9.17, 15) is 9.59 Å². The molecular weight excluding hydrogens is 266 g/mol. The molecule has 2 N–H and O–H groups in total. The first-order valence-electron chi connectivity index (χ1n) is 8.28. The van der Waals surface area contributed by atoms with Gasteiger partial charge in [-0.1, -0.05) is 40.0 Å². The molecular formula is C17H31NO3. The third-order valence-corrected chi connectivity index (χ3v) is 4.87. The highest BCUT2D eigenvalue weighted by Crippen LogP contribution is 2.40. The molecule has 1 unspecified atom stereocenters. The SMILES string of the molecule is CC(C)CCCC1CCC(C)(C(=O)NC(C)C(=O)O)CC1. The predicted octanol–water partition coefficient (Wildman–Crippen LogP) is 3.60. The Bertz CT molecular complexity index is 357. The van der Waals surface area contributed by atoms with Crippen molar-refractivity contribution in [2.45, 2.75) is 78.7 Å². The summed E-state index contributed by atoms with van der Waals surface area (Å²) in [5.41, 5.74) is -0.391. The van der Waals surface area contributed by atoms with Crippen LogP contribution >= 0.6 is 0 Å². The van der Waals surface area contributed by atoms with Crippen LogP contribution in [0.2, 0.25) is 0 Å². The Labute approximate surface area is 128 Å². The molecule has 122 valence electrons. The van der Waals surface area contributed by atoms with E-state index < -0.39 is 17.4 Å². The van der Waals surface area contributed by atoms with Crippen LogP contribution in [0, 0.1) is 17.3 Å². The fraction of sp³-hybridized carbons (Fsp3) is 0.882. The van der Waals surface area contributed by atoms with Crippen LogP contribution in [0.1, 0.15) is 72.6 Å². The van der Waals surface area contributed by atoms with Crippen molar-refractivity contribution in [1.29, 1.82) is 0 Å². The quantitative estimate of drug-likeness (QED) is 0.754. The molecule has 4 nitrogen and oxygen atoms in total. The van der Waals surface area contributed by atoms with Gasteiger partial charge in [0.15, 0.2) is 0 Å². The molecule has 0 radical (unpaired) electrons. The lowest BCUT2D eigenvalue weighted by atomic mass is 9.70. The van der Waals surface area contributed by atoms with Crippen LogP contribution in [0.25, 0.3) is 0 Å². The highest BCUT2D eigenvalue weighted by Gasteiger charge is 2.38. The summed E-state index contributed by atoms with van der Waals surface area (Å²) in [4.78, 5) is 23.1. The molecule has 0 aromatic carbocycles. The average Bonchev–Trinajstić information content (AvgIpc) is 2.40. The van der Waals surface area contributed by atoms with E-state index in [0.29, 0.717) is 0 Å². The molecule has 21 heavy (non-hydrogen) atoms. The number of carbonyl (C=O) groups is 2. The molecule has 0 aliphatic heterocycles. The molecule has 0 heterocycles. The lowest BCUT2D eigenvalue weighted by Gasteiger charge is -2.36. The molecule has 0 aromatic rings. The van der Waals surface area contributed by atoms with Crippen LogP contribution in [0.15, 0.2) is 0 Å². The van der Waals surface area contributed by atoms with Crippen LogP contribution < -0.4 is 5.32 Å². The fourth-order valence-corrected chi connectivity index (χ4v) is 3.08. The van der Waals surface area contributed by atoms with Gasteiger partial charge in [0.2, 0.25) is 5.91 Å². The normalized spacial score (nSPS) is 27.4. The summed E-state index contributed by atoms with van der Waals surface area (Å²) >= 11 is 0. The summed E-state index contributed by atoms with van der Waals surface area (Å²) in [7, 11) is 0. The monoisotopic (exact) mass is 297 g/mol. The topological polar surface area (TPSA) is 66.4 Å². The summed E-state index contributed by atoms with van der Waals surface area (Å²) in [6.45, 7) is 8.00. The molecule has 1 atom stereocenters. The second-order valence-corrected chi connectivity index (χ2v) is 7.36. The lowest BCUT2D eigenvalue weighted by molar-refractivity contribution is -0.143. The van der Waals surface area contributed by atoms with Gasteiger partial charge in [0.05, 0.1) is 0 Å². The van der Waals surface area contributed by atoms with Crippen molar-refractivity contribution in [2.75, 3.05) is 0 Å². The van der Waals surface area contributed by atoms with Gasteiger partial charge in [0, 0.05) is 5.41 Å². The molecule has 0 saturated heterocycles. The summed E-state index contributed by atoms with van der Waals surface area (Å²) in [5, 5.41) is 11.5. The molecule has 1 aliphatic carbocycles. The molecule has 1 amide bonds. The molecule has 0 spiro atoms. The maximum Gasteiger partial charge on any atom is 0.325 e. The number of rotatable bonds is 7. The fourth-order valence-electron chi connectivity index (χ4n) is 3.08. The van der Waals surface area contributed by atoms with E-state index in [1.54, 1.807) is 0 Å². The number of amides is 1. The summed E-state index contributed by atoms with van der Waals surface area (Å²) in [5.74, 6) is 0.427. The third-order valence-electron chi connectivity index (χ3n) is 4.87. The Hall–Kier alpha value is -1.06. The first-order chi connectivity index (χ1) is 9.74. The Kier molecular flexibility index (Phi) is 6.69. The summed E-state index contributed by atoms with van der Waals surface area (Å²) in [6.07, 6.45) is 7.75. The van der Waals surface area contributed by atoms with Crippen LogP contribution in [0.3, 0.4) is 0 Å².